The fraction of sp³-hybridized carbons (Fsp3) is 0.571. The van der Waals surface area contributed by atoms with Gasteiger partial charge in [-0.25, -0.2) is 0 Å². The van der Waals surface area contributed by atoms with Crippen molar-refractivity contribution < 1.29 is 0 Å². The van der Waals surface area contributed by atoms with Crippen molar-refractivity contribution in [3.63, 3.8) is 0 Å². The van der Waals surface area contributed by atoms with E-state index in [2.05, 4.69) is 26.0 Å². The summed E-state index contributed by atoms with van der Waals surface area (Å²) in [6.07, 6.45) is 5.03. The first kappa shape index (κ1) is 12.3. The van der Waals surface area contributed by atoms with Crippen molar-refractivity contribution in [3.05, 3.63) is 33.8 Å². The van der Waals surface area contributed by atoms with Crippen LogP contribution >= 0.6 is 23.2 Å². The van der Waals surface area contributed by atoms with Crippen LogP contribution in [0.3, 0.4) is 0 Å². The Labute approximate surface area is 108 Å². The van der Waals surface area contributed by atoms with E-state index in [1.54, 1.807) is 0 Å². The number of hydrogen-bond donors (Lipinski definition) is 0. The van der Waals surface area contributed by atoms with Gasteiger partial charge in [-0.2, -0.15) is 0 Å². The van der Waals surface area contributed by atoms with Gasteiger partial charge in [-0.3, -0.25) is 0 Å². The van der Waals surface area contributed by atoms with E-state index < -0.39 is 0 Å². The van der Waals surface area contributed by atoms with Crippen LogP contribution in [-0.2, 0) is 5.41 Å². The van der Waals surface area contributed by atoms with E-state index in [9.17, 15) is 0 Å². The Hall–Kier alpha value is -0.200. The standard InChI is InChI=1S/C14H18Cl2/c1-3-5-14(9-10(14)4-2)11-6-12(15)8-13(16)7-11/h6-8,10H,3-5,9H2,1-2H3/t10?,14-/m1/s1. The van der Waals surface area contributed by atoms with Crippen LogP contribution in [0, 0.1) is 5.92 Å². The van der Waals surface area contributed by atoms with E-state index in [0.717, 1.165) is 16.0 Å². The number of hydrogen-bond acceptors (Lipinski definition) is 0. The van der Waals surface area contributed by atoms with Crippen molar-refractivity contribution >= 4 is 23.2 Å². The van der Waals surface area contributed by atoms with Gasteiger partial charge in [0.05, 0.1) is 0 Å². The Kier molecular flexibility index (Phi) is 3.51. The molecule has 1 unspecified atom stereocenters. The molecule has 16 heavy (non-hydrogen) atoms. The van der Waals surface area contributed by atoms with E-state index in [-0.39, 0.29) is 0 Å². The van der Waals surface area contributed by atoms with Gasteiger partial charge in [-0.15, -0.1) is 0 Å². The molecule has 0 aromatic heterocycles. The second kappa shape index (κ2) is 4.58. The molecule has 1 fully saturated rings. The summed E-state index contributed by atoms with van der Waals surface area (Å²) in [7, 11) is 0. The van der Waals surface area contributed by atoms with E-state index in [1.165, 1.54) is 31.2 Å². The average molecular weight is 257 g/mol. The lowest BCUT2D eigenvalue weighted by atomic mass is 9.88. The van der Waals surface area contributed by atoms with E-state index in [1.807, 2.05) is 6.07 Å². The Morgan fingerprint density at radius 2 is 1.81 bits per heavy atom. The van der Waals surface area contributed by atoms with Gasteiger partial charge in [0.25, 0.3) is 0 Å². The molecule has 0 saturated heterocycles. The van der Waals surface area contributed by atoms with Gasteiger partial charge < -0.3 is 0 Å². The Bertz CT molecular complexity index is 366. The minimum Gasteiger partial charge on any atom is -0.0843 e. The van der Waals surface area contributed by atoms with Gasteiger partial charge in [0, 0.05) is 10.0 Å². The largest absolute Gasteiger partial charge is 0.0843 e. The van der Waals surface area contributed by atoms with Gasteiger partial charge >= 0.3 is 0 Å². The average Bonchev–Trinajstić information content (AvgIpc) is 2.92. The molecule has 1 saturated carbocycles. The van der Waals surface area contributed by atoms with Crippen molar-refractivity contribution in [3.8, 4) is 0 Å². The maximum Gasteiger partial charge on any atom is 0.0423 e. The maximum atomic E-state index is 6.09. The van der Waals surface area contributed by atoms with Crippen molar-refractivity contribution in [2.24, 2.45) is 5.92 Å². The Balaban J connectivity index is 2.34. The van der Waals surface area contributed by atoms with Crippen LogP contribution in [0.15, 0.2) is 18.2 Å². The molecule has 0 bridgehead atoms. The summed E-state index contributed by atoms with van der Waals surface area (Å²) in [6.45, 7) is 4.52. The summed E-state index contributed by atoms with van der Waals surface area (Å²) >= 11 is 12.2. The van der Waals surface area contributed by atoms with Crippen LogP contribution in [0.25, 0.3) is 0 Å². The smallest absolute Gasteiger partial charge is 0.0423 e. The highest BCUT2D eigenvalue weighted by Gasteiger charge is 2.52. The third-order valence-corrected chi connectivity index (χ3v) is 4.29. The van der Waals surface area contributed by atoms with Crippen molar-refractivity contribution in [2.45, 2.75) is 44.9 Å². The van der Waals surface area contributed by atoms with Gasteiger partial charge in [0.15, 0.2) is 0 Å². The van der Waals surface area contributed by atoms with Crippen LogP contribution in [0.1, 0.15) is 45.1 Å². The van der Waals surface area contributed by atoms with E-state index >= 15 is 0 Å². The predicted octanol–water partition coefficient (Wildman–Crippen LogP) is 5.46. The van der Waals surface area contributed by atoms with Gasteiger partial charge in [-0.1, -0.05) is 49.9 Å². The molecule has 0 aliphatic heterocycles. The fourth-order valence-electron chi connectivity index (χ4n) is 3.01. The Morgan fingerprint density at radius 3 is 2.25 bits per heavy atom. The quantitative estimate of drug-likeness (QED) is 0.671. The highest BCUT2D eigenvalue weighted by Crippen LogP contribution is 2.59. The molecule has 1 aliphatic rings. The maximum absolute atomic E-state index is 6.09. The van der Waals surface area contributed by atoms with Crippen LogP contribution in [0.5, 0.6) is 0 Å². The number of halogens is 2. The predicted molar refractivity (Wildman–Crippen MR) is 71.4 cm³/mol. The molecule has 0 amide bonds. The van der Waals surface area contributed by atoms with Crippen LogP contribution in [0.2, 0.25) is 10.0 Å². The minimum absolute atomic E-state index is 0.373. The first-order valence-electron chi connectivity index (χ1n) is 6.09. The third kappa shape index (κ3) is 2.10. The molecule has 0 N–H and O–H groups in total. The molecule has 2 heteroatoms. The molecule has 1 aromatic rings. The first-order chi connectivity index (χ1) is 7.62. The number of rotatable bonds is 4. The molecule has 0 heterocycles. The molecular formula is C14H18Cl2. The molecule has 1 aliphatic carbocycles. The van der Waals surface area contributed by atoms with E-state index in [4.69, 9.17) is 23.2 Å². The van der Waals surface area contributed by atoms with Crippen molar-refractivity contribution in [2.75, 3.05) is 0 Å². The van der Waals surface area contributed by atoms with Crippen molar-refractivity contribution in [1.82, 2.24) is 0 Å². The second-order valence-corrected chi connectivity index (χ2v) is 5.75. The zero-order chi connectivity index (χ0) is 11.8. The third-order valence-electron chi connectivity index (χ3n) is 3.86. The lowest BCUT2D eigenvalue weighted by Crippen LogP contribution is -2.09. The van der Waals surface area contributed by atoms with Crippen LogP contribution < -0.4 is 0 Å². The number of benzene rings is 1. The second-order valence-electron chi connectivity index (χ2n) is 4.87. The summed E-state index contributed by atoms with van der Waals surface area (Å²) in [5, 5.41) is 1.53. The fourth-order valence-corrected chi connectivity index (χ4v) is 3.53. The van der Waals surface area contributed by atoms with Crippen LogP contribution in [-0.4, -0.2) is 0 Å². The molecule has 0 spiro atoms. The van der Waals surface area contributed by atoms with Crippen LogP contribution in [0.4, 0.5) is 0 Å². The van der Waals surface area contributed by atoms with E-state index in [0.29, 0.717) is 5.41 Å². The molecule has 0 radical (unpaired) electrons. The topological polar surface area (TPSA) is 0 Å². The summed E-state index contributed by atoms with van der Waals surface area (Å²) in [5.41, 5.74) is 1.72. The summed E-state index contributed by atoms with van der Waals surface area (Å²) in [4.78, 5) is 0. The summed E-state index contributed by atoms with van der Waals surface area (Å²) in [6, 6.07) is 6.01. The van der Waals surface area contributed by atoms with Gasteiger partial charge in [-0.05, 0) is 47.9 Å². The van der Waals surface area contributed by atoms with Gasteiger partial charge in [0.1, 0.15) is 0 Å². The molecule has 1 aromatic carbocycles. The minimum atomic E-state index is 0.373. The zero-order valence-corrected chi connectivity index (χ0v) is 11.4. The van der Waals surface area contributed by atoms with Crippen molar-refractivity contribution in [1.29, 1.82) is 0 Å². The summed E-state index contributed by atoms with van der Waals surface area (Å²) < 4.78 is 0. The highest BCUT2D eigenvalue weighted by atomic mass is 35.5. The molecule has 88 valence electrons. The lowest BCUT2D eigenvalue weighted by Gasteiger charge is -2.17. The normalized spacial score (nSPS) is 28.1. The monoisotopic (exact) mass is 256 g/mol. The molecule has 0 nitrogen and oxygen atoms in total. The highest BCUT2D eigenvalue weighted by molar-refractivity contribution is 6.34. The molecule has 2 atom stereocenters. The molecule has 2 rings (SSSR count). The molecular weight excluding hydrogens is 239 g/mol. The van der Waals surface area contributed by atoms with Gasteiger partial charge in [0.2, 0.25) is 0 Å². The summed E-state index contributed by atoms with van der Waals surface area (Å²) in [5.74, 6) is 0.821. The lowest BCUT2D eigenvalue weighted by molar-refractivity contribution is 0.537. The Morgan fingerprint density at radius 1 is 1.19 bits per heavy atom. The zero-order valence-electron chi connectivity index (χ0n) is 9.89. The first-order valence-corrected chi connectivity index (χ1v) is 6.84. The SMILES string of the molecule is CCC[C@@]1(c2cc(Cl)cc(Cl)c2)CC1CC.